The Kier molecular flexibility index (Phi) is 3.67. The molecule has 1 aliphatic rings. The predicted molar refractivity (Wildman–Crippen MR) is 59.9 cm³/mol. The van der Waals surface area contributed by atoms with Crippen molar-refractivity contribution in [2.45, 2.75) is 24.6 Å². The van der Waals surface area contributed by atoms with Crippen molar-refractivity contribution in [2.24, 2.45) is 0 Å². The van der Waals surface area contributed by atoms with E-state index in [1.165, 1.54) is 12.8 Å². The molecule has 1 aromatic heterocycles. The quantitative estimate of drug-likeness (QED) is 0.843. The van der Waals surface area contributed by atoms with E-state index in [9.17, 15) is 4.21 Å². The number of nitrogens with zero attached hydrogens (tertiary/aromatic N) is 1. The molecule has 1 N–H and O–H groups in total. The number of aromatic nitrogens is 1. The lowest BCUT2D eigenvalue weighted by Gasteiger charge is -2.08. The maximum atomic E-state index is 11.7. The van der Waals surface area contributed by atoms with Crippen molar-refractivity contribution in [3.63, 3.8) is 0 Å². The van der Waals surface area contributed by atoms with Crippen LogP contribution in [-0.2, 0) is 16.6 Å². The van der Waals surface area contributed by atoms with Gasteiger partial charge in [-0.15, -0.1) is 11.3 Å². The number of hydrogen-bond acceptors (Lipinski definition) is 4. The largest absolute Gasteiger partial charge is 0.313 e. The van der Waals surface area contributed by atoms with Crippen molar-refractivity contribution in [3.8, 4) is 0 Å². The molecule has 1 fully saturated rings. The van der Waals surface area contributed by atoms with Crippen LogP contribution in [0.25, 0.3) is 0 Å². The van der Waals surface area contributed by atoms with E-state index in [0.717, 1.165) is 17.2 Å². The van der Waals surface area contributed by atoms with Gasteiger partial charge in [-0.25, -0.2) is 0 Å². The molecule has 1 aliphatic heterocycles. The van der Waals surface area contributed by atoms with Crippen LogP contribution in [0, 0.1) is 0 Å². The minimum Gasteiger partial charge on any atom is -0.313 e. The Bertz CT molecular complexity index is 294. The van der Waals surface area contributed by atoms with E-state index in [2.05, 4.69) is 10.3 Å². The smallest absolute Gasteiger partial charge is 0.0794 e. The molecular weight excluding hydrogens is 216 g/mol. The fraction of sp³-hybridized carbons (Fsp3) is 0.667. The molecule has 0 aliphatic carbocycles. The Morgan fingerprint density at radius 2 is 2.64 bits per heavy atom. The zero-order valence-corrected chi connectivity index (χ0v) is 9.57. The summed E-state index contributed by atoms with van der Waals surface area (Å²) in [4.78, 5) is 5.10. The molecule has 0 aromatic carbocycles. The van der Waals surface area contributed by atoms with Gasteiger partial charge in [0.1, 0.15) is 0 Å². The predicted octanol–water partition coefficient (Wildman–Crippen LogP) is 1.14. The number of rotatable bonds is 4. The third-order valence-electron chi connectivity index (χ3n) is 2.34. The van der Waals surface area contributed by atoms with Gasteiger partial charge in [-0.3, -0.25) is 9.19 Å². The summed E-state index contributed by atoms with van der Waals surface area (Å²) in [7, 11) is -0.731. The van der Waals surface area contributed by atoms with Crippen molar-refractivity contribution in [3.05, 3.63) is 16.6 Å². The minimum atomic E-state index is -0.731. The second-order valence-electron chi connectivity index (χ2n) is 3.51. The zero-order valence-electron chi connectivity index (χ0n) is 7.94. The van der Waals surface area contributed by atoms with Crippen molar-refractivity contribution >= 4 is 22.1 Å². The lowest BCUT2D eigenvalue weighted by atomic mass is 10.3. The molecule has 0 saturated carbocycles. The summed E-state index contributed by atoms with van der Waals surface area (Å²) >= 11 is 1.58. The molecule has 0 spiro atoms. The van der Waals surface area contributed by atoms with Crippen LogP contribution in [0.3, 0.4) is 0 Å². The summed E-state index contributed by atoms with van der Waals surface area (Å²) in [5.74, 6) is 1.46. The monoisotopic (exact) mass is 230 g/mol. The maximum Gasteiger partial charge on any atom is 0.0794 e. The topological polar surface area (TPSA) is 42.0 Å². The Morgan fingerprint density at radius 1 is 1.71 bits per heavy atom. The SMILES string of the molecule is O=[S@](Cc1cncs1)C[C@H]1CCCN1. The molecule has 14 heavy (non-hydrogen) atoms. The molecule has 0 bridgehead atoms. The first-order chi connectivity index (χ1) is 6.84. The highest BCUT2D eigenvalue weighted by Crippen LogP contribution is 2.12. The normalized spacial score (nSPS) is 23.9. The molecule has 1 saturated heterocycles. The van der Waals surface area contributed by atoms with Crippen LogP contribution in [0.4, 0.5) is 0 Å². The molecular formula is C9H14N2OS2. The van der Waals surface area contributed by atoms with Crippen LogP contribution in [0.2, 0.25) is 0 Å². The average Bonchev–Trinajstić information content (AvgIpc) is 2.76. The van der Waals surface area contributed by atoms with Gasteiger partial charge in [0.25, 0.3) is 0 Å². The van der Waals surface area contributed by atoms with Crippen molar-refractivity contribution in [1.29, 1.82) is 0 Å². The van der Waals surface area contributed by atoms with Crippen LogP contribution >= 0.6 is 11.3 Å². The van der Waals surface area contributed by atoms with Crippen LogP contribution in [0.5, 0.6) is 0 Å². The number of thiazole rings is 1. The lowest BCUT2D eigenvalue weighted by Crippen LogP contribution is -2.27. The molecule has 1 aromatic rings. The van der Waals surface area contributed by atoms with Gasteiger partial charge in [0, 0.05) is 33.7 Å². The van der Waals surface area contributed by atoms with Gasteiger partial charge in [0.05, 0.1) is 11.3 Å². The van der Waals surface area contributed by atoms with Crippen molar-refractivity contribution in [1.82, 2.24) is 10.3 Å². The van der Waals surface area contributed by atoms with Gasteiger partial charge in [-0.1, -0.05) is 0 Å². The fourth-order valence-corrected chi connectivity index (χ4v) is 3.94. The first-order valence-corrected chi connectivity index (χ1v) is 7.17. The van der Waals surface area contributed by atoms with Gasteiger partial charge in [-0.2, -0.15) is 0 Å². The van der Waals surface area contributed by atoms with Crippen molar-refractivity contribution in [2.75, 3.05) is 12.3 Å². The number of hydrogen-bond donors (Lipinski definition) is 1. The molecule has 5 heteroatoms. The standard InChI is InChI=1S/C9H14N2OS2/c12-14(5-8-2-1-3-11-8)6-9-4-10-7-13-9/h4,7-8,11H,1-3,5-6H2/t8-,14+/m1/s1. The van der Waals surface area contributed by atoms with Crippen molar-refractivity contribution < 1.29 is 4.21 Å². The minimum absolute atomic E-state index is 0.476. The maximum absolute atomic E-state index is 11.7. The van der Waals surface area contributed by atoms with Gasteiger partial charge >= 0.3 is 0 Å². The lowest BCUT2D eigenvalue weighted by molar-refractivity contribution is 0.643. The third kappa shape index (κ3) is 2.87. The summed E-state index contributed by atoms with van der Waals surface area (Å²) in [6.07, 6.45) is 4.21. The van der Waals surface area contributed by atoms with E-state index in [0.29, 0.717) is 11.8 Å². The van der Waals surface area contributed by atoms with Gasteiger partial charge in [-0.05, 0) is 19.4 Å². The van der Waals surface area contributed by atoms with E-state index in [1.54, 1.807) is 16.8 Å². The van der Waals surface area contributed by atoms with Gasteiger partial charge in [0.2, 0.25) is 0 Å². The first-order valence-electron chi connectivity index (χ1n) is 4.80. The second-order valence-corrected chi connectivity index (χ2v) is 5.98. The Morgan fingerprint density at radius 3 is 3.29 bits per heavy atom. The third-order valence-corrected chi connectivity index (χ3v) is 4.71. The summed E-state index contributed by atoms with van der Waals surface area (Å²) in [5, 5.41) is 3.36. The Hall–Kier alpha value is -0.260. The summed E-state index contributed by atoms with van der Waals surface area (Å²) in [5.41, 5.74) is 1.79. The van der Waals surface area contributed by atoms with E-state index in [4.69, 9.17) is 0 Å². The van der Waals surface area contributed by atoms with Crippen LogP contribution in [0.15, 0.2) is 11.7 Å². The van der Waals surface area contributed by atoms with Gasteiger partial charge < -0.3 is 5.32 Å². The van der Waals surface area contributed by atoms with Gasteiger partial charge in [0.15, 0.2) is 0 Å². The molecule has 2 atom stereocenters. The molecule has 2 heterocycles. The Balaban J connectivity index is 1.78. The highest BCUT2D eigenvalue weighted by Gasteiger charge is 2.17. The number of nitrogens with one attached hydrogen (secondary N) is 1. The molecule has 78 valence electrons. The van der Waals surface area contributed by atoms with Crippen LogP contribution in [-0.4, -0.2) is 27.5 Å². The van der Waals surface area contributed by atoms with E-state index in [1.807, 2.05) is 6.20 Å². The van der Waals surface area contributed by atoms with E-state index in [-0.39, 0.29) is 0 Å². The average molecular weight is 230 g/mol. The molecule has 3 nitrogen and oxygen atoms in total. The molecule has 2 rings (SSSR count). The summed E-state index contributed by atoms with van der Waals surface area (Å²) in [6, 6.07) is 0.476. The molecule has 0 unspecified atom stereocenters. The first kappa shape index (κ1) is 10.3. The van der Waals surface area contributed by atoms with E-state index >= 15 is 0 Å². The van der Waals surface area contributed by atoms with Crippen LogP contribution < -0.4 is 5.32 Å². The molecule has 0 radical (unpaired) electrons. The second kappa shape index (κ2) is 5.00. The summed E-state index contributed by atoms with van der Waals surface area (Å²) in [6.45, 7) is 1.09. The van der Waals surface area contributed by atoms with E-state index < -0.39 is 10.8 Å². The highest BCUT2D eigenvalue weighted by molar-refractivity contribution is 7.84. The fourth-order valence-electron chi connectivity index (χ4n) is 1.65. The zero-order chi connectivity index (χ0) is 9.80. The Labute approximate surface area is 90.4 Å². The summed E-state index contributed by atoms with van der Waals surface area (Å²) < 4.78 is 11.7. The van der Waals surface area contributed by atoms with Crippen LogP contribution in [0.1, 0.15) is 17.7 Å². The molecule has 0 amide bonds. The highest BCUT2D eigenvalue weighted by atomic mass is 32.2.